The highest BCUT2D eigenvalue weighted by atomic mass is 16.5. The van der Waals surface area contributed by atoms with Gasteiger partial charge in [-0.25, -0.2) is 0 Å². The predicted octanol–water partition coefficient (Wildman–Crippen LogP) is 1.80. The maximum atomic E-state index is 11.7. The molecule has 2 fully saturated rings. The first kappa shape index (κ1) is 11.1. The molecule has 0 aromatic carbocycles. The smallest absolute Gasteiger partial charge is 0.161 e. The van der Waals surface area contributed by atoms with Crippen LogP contribution in [0.4, 0.5) is 0 Å². The Kier molecular flexibility index (Phi) is 4.15. The monoisotopic (exact) mass is 212 g/mol. The van der Waals surface area contributed by atoms with E-state index in [9.17, 15) is 4.79 Å². The minimum Gasteiger partial charge on any atom is -0.381 e. The van der Waals surface area contributed by atoms with Gasteiger partial charge in [-0.05, 0) is 19.3 Å². The van der Waals surface area contributed by atoms with Crippen LogP contribution in [0.15, 0.2) is 0 Å². The Morgan fingerprint density at radius 3 is 2.73 bits per heavy atom. The zero-order valence-electron chi connectivity index (χ0n) is 9.24. The fourth-order valence-electron chi connectivity index (χ4n) is 2.41. The fourth-order valence-corrected chi connectivity index (χ4v) is 2.41. The summed E-state index contributed by atoms with van der Waals surface area (Å²) in [6, 6.07) is 0. The summed E-state index contributed by atoms with van der Waals surface area (Å²) in [5.41, 5.74) is 0. The third kappa shape index (κ3) is 3.28. The van der Waals surface area contributed by atoms with Crippen LogP contribution in [-0.4, -0.2) is 32.2 Å². The molecular weight excluding hydrogens is 192 g/mol. The Morgan fingerprint density at radius 1 is 1.27 bits per heavy atom. The van der Waals surface area contributed by atoms with Crippen LogP contribution >= 0.6 is 0 Å². The predicted molar refractivity (Wildman–Crippen MR) is 56.7 cm³/mol. The summed E-state index contributed by atoms with van der Waals surface area (Å²) in [4.78, 5) is 11.7. The molecule has 1 saturated carbocycles. The molecule has 2 rings (SSSR count). The Morgan fingerprint density at radius 2 is 2.07 bits per heavy atom. The molecule has 0 spiro atoms. The van der Waals surface area contributed by atoms with Crippen molar-refractivity contribution in [1.82, 2.24) is 0 Å². The van der Waals surface area contributed by atoms with Gasteiger partial charge in [0.1, 0.15) is 6.61 Å². The lowest BCUT2D eigenvalue weighted by molar-refractivity contribution is -0.127. The van der Waals surface area contributed by atoms with Gasteiger partial charge in [-0.3, -0.25) is 4.79 Å². The van der Waals surface area contributed by atoms with Gasteiger partial charge in [0.05, 0.1) is 13.2 Å². The van der Waals surface area contributed by atoms with Gasteiger partial charge in [0.2, 0.25) is 0 Å². The lowest BCUT2D eigenvalue weighted by Gasteiger charge is -2.10. The van der Waals surface area contributed by atoms with Crippen LogP contribution in [0.25, 0.3) is 0 Å². The van der Waals surface area contributed by atoms with E-state index in [2.05, 4.69) is 0 Å². The number of hydrogen-bond donors (Lipinski definition) is 0. The van der Waals surface area contributed by atoms with E-state index in [0.29, 0.717) is 30.8 Å². The van der Waals surface area contributed by atoms with Gasteiger partial charge >= 0.3 is 0 Å². The van der Waals surface area contributed by atoms with Crippen molar-refractivity contribution in [2.75, 3.05) is 26.4 Å². The maximum absolute atomic E-state index is 11.7. The highest BCUT2D eigenvalue weighted by Gasteiger charge is 2.23. The molecule has 0 radical (unpaired) electrons. The second kappa shape index (κ2) is 5.61. The Bertz CT molecular complexity index is 203. The highest BCUT2D eigenvalue weighted by Crippen LogP contribution is 2.25. The first-order valence-corrected chi connectivity index (χ1v) is 6.04. The second-order valence-electron chi connectivity index (χ2n) is 4.69. The van der Waals surface area contributed by atoms with Gasteiger partial charge < -0.3 is 9.47 Å². The molecule has 86 valence electrons. The summed E-state index contributed by atoms with van der Waals surface area (Å²) in [6.45, 7) is 2.67. The number of carbonyl (C=O) groups excluding carboxylic acids is 1. The summed E-state index contributed by atoms with van der Waals surface area (Å²) in [5.74, 6) is 1.12. The van der Waals surface area contributed by atoms with Crippen molar-refractivity contribution >= 4 is 5.78 Å². The number of rotatable bonds is 5. The van der Waals surface area contributed by atoms with Crippen molar-refractivity contribution in [3.63, 3.8) is 0 Å². The van der Waals surface area contributed by atoms with Crippen molar-refractivity contribution < 1.29 is 14.3 Å². The number of ether oxygens (including phenoxy) is 2. The number of ketones is 1. The maximum Gasteiger partial charge on any atom is 0.161 e. The minimum absolute atomic E-state index is 0.296. The Hall–Kier alpha value is -0.410. The topological polar surface area (TPSA) is 35.5 Å². The molecule has 1 unspecified atom stereocenters. The largest absolute Gasteiger partial charge is 0.381 e. The Balaban J connectivity index is 1.58. The first-order valence-electron chi connectivity index (χ1n) is 6.04. The van der Waals surface area contributed by atoms with E-state index < -0.39 is 0 Å². The molecule has 15 heavy (non-hydrogen) atoms. The molecule has 0 bridgehead atoms. The quantitative estimate of drug-likeness (QED) is 0.697. The van der Waals surface area contributed by atoms with Crippen LogP contribution in [0.3, 0.4) is 0 Å². The van der Waals surface area contributed by atoms with E-state index in [-0.39, 0.29) is 0 Å². The third-order valence-electron chi connectivity index (χ3n) is 3.43. The fraction of sp³-hybridized carbons (Fsp3) is 0.917. The molecule has 0 aromatic rings. The van der Waals surface area contributed by atoms with Gasteiger partial charge in [-0.2, -0.15) is 0 Å². The van der Waals surface area contributed by atoms with Crippen molar-refractivity contribution in [1.29, 1.82) is 0 Å². The van der Waals surface area contributed by atoms with Crippen molar-refractivity contribution in [3.05, 3.63) is 0 Å². The number of hydrogen-bond acceptors (Lipinski definition) is 3. The average molecular weight is 212 g/mol. The van der Waals surface area contributed by atoms with Gasteiger partial charge in [0.25, 0.3) is 0 Å². The van der Waals surface area contributed by atoms with E-state index in [4.69, 9.17) is 9.47 Å². The van der Waals surface area contributed by atoms with E-state index in [0.717, 1.165) is 32.5 Å². The highest BCUT2D eigenvalue weighted by molar-refractivity contribution is 5.82. The zero-order chi connectivity index (χ0) is 10.5. The van der Waals surface area contributed by atoms with E-state index in [1.165, 1.54) is 12.8 Å². The molecule has 0 aromatic heterocycles. The van der Waals surface area contributed by atoms with Crippen LogP contribution in [0, 0.1) is 11.8 Å². The zero-order valence-corrected chi connectivity index (χ0v) is 9.24. The molecule has 1 atom stereocenters. The summed E-state index contributed by atoms with van der Waals surface area (Å²) in [7, 11) is 0. The summed E-state index contributed by atoms with van der Waals surface area (Å²) < 4.78 is 10.7. The molecule has 0 N–H and O–H groups in total. The average Bonchev–Trinajstić information content (AvgIpc) is 2.90. The molecule has 1 heterocycles. The van der Waals surface area contributed by atoms with Crippen molar-refractivity contribution in [2.24, 2.45) is 11.8 Å². The van der Waals surface area contributed by atoms with Gasteiger partial charge in [0, 0.05) is 18.4 Å². The van der Waals surface area contributed by atoms with Crippen LogP contribution in [0.1, 0.15) is 32.1 Å². The number of Topliss-reactive ketones (excluding diaryl/α,β-unsaturated/α-hetero) is 1. The number of carbonyl (C=O) groups is 1. The lowest BCUT2D eigenvalue weighted by atomic mass is 10.0. The Labute approximate surface area is 91.1 Å². The van der Waals surface area contributed by atoms with Gasteiger partial charge in [-0.15, -0.1) is 0 Å². The van der Waals surface area contributed by atoms with Crippen LogP contribution < -0.4 is 0 Å². The molecule has 1 saturated heterocycles. The second-order valence-corrected chi connectivity index (χ2v) is 4.69. The normalized spacial score (nSPS) is 27.3. The van der Waals surface area contributed by atoms with Crippen molar-refractivity contribution in [2.45, 2.75) is 32.1 Å². The minimum atomic E-state index is 0.296. The molecule has 1 aliphatic carbocycles. The summed E-state index contributed by atoms with van der Waals surface area (Å²) in [6.07, 6.45) is 5.67. The van der Waals surface area contributed by atoms with Gasteiger partial charge in [-0.1, -0.05) is 12.8 Å². The van der Waals surface area contributed by atoms with E-state index in [1.54, 1.807) is 0 Å². The van der Waals surface area contributed by atoms with E-state index in [1.807, 2.05) is 0 Å². The molecule has 2 aliphatic rings. The van der Waals surface area contributed by atoms with Crippen molar-refractivity contribution in [3.8, 4) is 0 Å². The molecule has 0 amide bonds. The van der Waals surface area contributed by atoms with Gasteiger partial charge in [0.15, 0.2) is 5.78 Å². The summed E-state index contributed by atoms with van der Waals surface area (Å²) >= 11 is 0. The first-order chi connectivity index (χ1) is 7.36. The van der Waals surface area contributed by atoms with Crippen LogP contribution in [0.2, 0.25) is 0 Å². The molecular formula is C12H20O3. The SMILES string of the molecule is O=C(COCC1CCOC1)C1CCCC1. The van der Waals surface area contributed by atoms with Crippen LogP contribution in [0.5, 0.6) is 0 Å². The standard InChI is InChI=1S/C12H20O3/c13-12(11-3-1-2-4-11)9-15-8-10-5-6-14-7-10/h10-11H,1-9H2. The molecule has 3 heteroatoms. The van der Waals surface area contributed by atoms with Crippen LogP contribution in [-0.2, 0) is 14.3 Å². The van der Waals surface area contributed by atoms with E-state index >= 15 is 0 Å². The lowest BCUT2D eigenvalue weighted by Crippen LogP contribution is -2.20. The summed E-state index contributed by atoms with van der Waals surface area (Å²) in [5, 5.41) is 0. The third-order valence-corrected chi connectivity index (χ3v) is 3.43. The molecule has 1 aliphatic heterocycles. The molecule has 3 nitrogen and oxygen atoms in total.